The molecule has 1 aromatic heterocycles. The van der Waals surface area contributed by atoms with Gasteiger partial charge >= 0.3 is 6.18 Å². The number of nitrogens with zero attached hydrogens (tertiary/aromatic N) is 2. The van der Waals surface area contributed by atoms with Crippen LogP contribution in [0.25, 0.3) is 0 Å². The second kappa shape index (κ2) is 5.30. The Labute approximate surface area is 108 Å². The van der Waals surface area contributed by atoms with Gasteiger partial charge in [0.1, 0.15) is 0 Å². The number of anilines is 1. The highest BCUT2D eigenvalue weighted by atomic mass is 79.9. The molecule has 1 unspecified atom stereocenters. The molecule has 0 fully saturated rings. The van der Waals surface area contributed by atoms with Crippen LogP contribution in [0.5, 0.6) is 0 Å². The number of halogens is 4. The number of hydrogen-bond donors (Lipinski definition) is 1. The number of alkyl halides is 4. The molecule has 4 nitrogen and oxygen atoms in total. The number of aromatic nitrogens is 2. The molecule has 1 atom stereocenters. The van der Waals surface area contributed by atoms with E-state index in [1.54, 1.807) is 13.8 Å². The minimum absolute atomic E-state index is 0.0185. The average Bonchev–Trinajstić information content (AvgIpc) is 2.64. The van der Waals surface area contributed by atoms with Crippen LogP contribution in [-0.4, -0.2) is 20.9 Å². The minimum atomic E-state index is -4.54. The van der Waals surface area contributed by atoms with E-state index in [-0.39, 0.29) is 11.0 Å². The predicted octanol–water partition coefficient (Wildman–Crippen LogP) is 2.91. The highest BCUT2D eigenvalue weighted by Crippen LogP contribution is 2.33. The van der Waals surface area contributed by atoms with E-state index in [9.17, 15) is 18.0 Å². The number of hydrogen-bond acceptors (Lipinski definition) is 4. The van der Waals surface area contributed by atoms with Gasteiger partial charge in [0.25, 0.3) is 0 Å². The smallest absolute Gasteiger partial charge is 0.300 e. The summed E-state index contributed by atoms with van der Waals surface area (Å²) in [6.07, 6.45) is -4.54. The van der Waals surface area contributed by atoms with E-state index in [1.165, 1.54) is 0 Å². The molecule has 1 N–H and O–H groups in total. The van der Waals surface area contributed by atoms with Crippen molar-refractivity contribution < 1.29 is 18.0 Å². The quantitative estimate of drug-likeness (QED) is 0.866. The highest BCUT2D eigenvalue weighted by molar-refractivity contribution is 9.10. The lowest BCUT2D eigenvalue weighted by Crippen LogP contribution is -2.26. The van der Waals surface area contributed by atoms with E-state index in [0.29, 0.717) is 11.3 Å². The zero-order chi connectivity index (χ0) is 13.2. The first-order chi connectivity index (χ1) is 7.71. The lowest BCUT2D eigenvalue weighted by Gasteiger charge is -2.11. The third-order valence-electron chi connectivity index (χ3n) is 1.73. The summed E-state index contributed by atoms with van der Waals surface area (Å²) in [7, 11) is 0. The van der Waals surface area contributed by atoms with Crippen LogP contribution in [-0.2, 0) is 11.0 Å². The van der Waals surface area contributed by atoms with E-state index < -0.39 is 21.9 Å². The highest BCUT2D eigenvalue weighted by Gasteiger charge is 2.36. The van der Waals surface area contributed by atoms with Gasteiger partial charge in [-0.05, 0) is 5.92 Å². The maximum Gasteiger partial charge on any atom is 0.445 e. The van der Waals surface area contributed by atoms with Crippen LogP contribution < -0.4 is 5.32 Å². The lowest BCUT2D eigenvalue weighted by molar-refractivity contribution is -0.138. The van der Waals surface area contributed by atoms with E-state index in [2.05, 4.69) is 31.4 Å². The summed E-state index contributed by atoms with van der Waals surface area (Å²) in [6.45, 7) is 3.61. The Hall–Kier alpha value is -0.700. The monoisotopic (exact) mass is 331 g/mol. The summed E-state index contributed by atoms with van der Waals surface area (Å²) in [4.78, 5) is 11.0. The minimum Gasteiger partial charge on any atom is -0.300 e. The van der Waals surface area contributed by atoms with Crippen LogP contribution in [0.2, 0.25) is 0 Å². The topological polar surface area (TPSA) is 54.9 Å². The summed E-state index contributed by atoms with van der Waals surface area (Å²) in [5.41, 5.74) is 0. The second-order valence-corrected chi connectivity index (χ2v) is 5.51. The van der Waals surface area contributed by atoms with Gasteiger partial charge < -0.3 is 0 Å². The Morgan fingerprint density at radius 3 is 2.41 bits per heavy atom. The summed E-state index contributed by atoms with van der Waals surface area (Å²) in [6, 6.07) is 0. The standard InChI is InChI=1S/C8H9BrF3N3OS/c1-3(2)4(9)5(16)13-7-15-14-6(17-7)8(10,11)12/h3-4H,1-2H3,(H,13,15,16). The first-order valence-electron chi connectivity index (χ1n) is 4.57. The van der Waals surface area contributed by atoms with Crippen molar-refractivity contribution >= 4 is 38.3 Å². The van der Waals surface area contributed by atoms with Gasteiger partial charge in [-0.2, -0.15) is 13.2 Å². The van der Waals surface area contributed by atoms with Gasteiger partial charge in [-0.25, -0.2) is 0 Å². The normalized spacial score (nSPS) is 13.8. The molecule has 0 aromatic carbocycles. The summed E-state index contributed by atoms with van der Waals surface area (Å²) >= 11 is 3.43. The zero-order valence-corrected chi connectivity index (χ0v) is 11.3. The molecule has 1 amide bonds. The van der Waals surface area contributed by atoms with Crippen LogP contribution in [0.15, 0.2) is 0 Å². The van der Waals surface area contributed by atoms with Gasteiger partial charge in [-0.3, -0.25) is 10.1 Å². The fourth-order valence-electron chi connectivity index (χ4n) is 0.865. The fraction of sp³-hybridized carbons (Fsp3) is 0.625. The predicted molar refractivity (Wildman–Crippen MR) is 61.1 cm³/mol. The molecule has 0 saturated heterocycles. The SMILES string of the molecule is CC(C)C(Br)C(=O)Nc1nnc(C(F)(F)F)s1. The maximum atomic E-state index is 12.2. The molecule has 0 radical (unpaired) electrons. The molecule has 1 rings (SSSR count). The van der Waals surface area contributed by atoms with Crippen LogP contribution in [0.4, 0.5) is 18.3 Å². The molecule has 1 heterocycles. The molecule has 0 aliphatic carbocycles. The van der Waals surface area contributed by atoms with Crippen LogP contribution in [0.1, 0.15) is 18.9 Å². The average molecular weight is 332 g/mol. The summed E-state index contributed by atoms with van der Waals surface area (Å²) in [5.74, 6) is -0.421. The molecule has 0 aliphatic rings. The van der Waals surface area contributed by atoms with Gasteiger partial charge in [0.15, 0.2) is 0 Å². The summed E-state index contributed by atoms with van der Waals surface area (Å²) < 4.78 is 36.6. The Kier molecular flexibility index (Phi) is 4.48. The molecule has 0 saturated carbocycles. The molecule has 0 aliphatic heterocycles. The number of rotatable bonds is 3. The molecule has 9 heteroatoms. The Bertz CT molecular complexity index is 407. The Morgan fingerprint density at radius 1 is 1.41 bits per heavy atom. The fourth-order valence-corrected chi connectivity index (χ4v) is 1.59. The van der Waals surface area contributed by atoms with Crippen molar-refractivity contribution in [3.8, 4) is 0 Å². The zero-order valence-electron chi connectivity index (χ0n) is 8.88. The third-order valence-corrected chi connectivity index (χ3v) is 4.09. The van der Waals surface area contributed by atoms with Crippen molar-refractivity contribution in [3.05, 3.63) is 5.01 Å². The first-order valence-corrected chi connectivity index (χ1v) is 6.30. The van der Waals surface area contributed by atoms with Crippen molar-refractivity contribution in [1.82, 2.24) is 10.2 Å². The van der Waals surface area contributed by atoms with Crippen LogP contribution in [0.3, 0.4) is 0 Å². The Morgan fingerprint density at radius 2 is 2.00 bits per heavy atom. The van der Waals surface area contributed by atoms with Crippen molar-refractivity contribution in [2.24, 2.45) is 5.92 Å². The van der Waals surface area contributed by atoms with Crippen LogP contribution in [0, 0.1) is 5.92 Å². The van der Waals surface area contributed by atoms with Crippen molar-refractivity contribution in [1.29, 1.82) is 0 Å². The number of amides is 1. The number of carbonyl (C=O) groups excluding carboxylic acids is 1. The van der Waals surface area contributed by atoms with E-state index in [4.69, 9.17) is 0 Å². The van der Waals surface area contributed by atoms with Gasteiger partial charge in [0, 0.05) is 0 Å². The van der Waals surface area contributed by atoms with Crippen molar-refractivity contribution in [2.45, 2.75) is 24.9 Å². The lowest BCUT2D eigenvalue weighted by atomic mass is 10.1. The van der Waals surface area contributed by atoms with Gasteiger partial charge in [-0.1, -0.05) is 41.1 Å². The molecular formula is C8H9BrF3N3OS. The largest absolute Gasteiger partial charge is 0.445 e. The van der Waals surface area contributed by atoms with Gasteiger partial charge in [0.05, 0.1) is 4.83 Å². The van der Waals surface area contributed by atoms with Crippen molar-refractivity contribution in [3.63, 3.8) is 0 Å². The van der Waals surface area contributed by atoms with Crippen molar-refractivity contribution in [2.75, 3.05) is 5.32 Å². The molecule has 17 heavy (non-hydrogen) atoms. The molecule has 0 spiro atoms. The van der Waals surface area contributed by atoms with Gasteiger partial charge in [-0.15, -0.1) is 10.2 Å². The number of nitrogens with one attached hydrogen (secondary N) is 1. The molecule has 0 bridgehead atoms. The maximum absolute atomic E-state index is 12.2. The first kappa shape index (κ1) is 14.4. The summed E-state index contributed by atoms with van der Waals surface area (Å²) in [5, 5.41) is 7.25. The third kappa shape index (κ3) is 3.91. The second-order valence-electron chi connectivity index (χ2n) is 3.55. The molecule has 1 aromatic rings. The molecule has 96 valence electrons. The van der Waals surface area contributed by atoms with E-state index in [1.807, 2.05) is 0 Å². The van der Waals surface area contributed by atoms with Gasteiger partial charge in [0.2, 0.25) is 16.0 Å². The van der Waals surface area contributed by atoms with Crippen LogP contribution >= 0.6 is 27.3 Å². The Balaban J connectivity index is 2.71. The van der Waals surface area contributed by atoms with E-state index in [0.717, 1.165) is 0 Å². The van der Waals surface area contributed by atoms with E-state index >= 15 is 0 Å². The molecular weight excluding hydrogens is 323 g/mol. The number of carbonyl (C=O) groups is 1.